The average molecular weight is 248 g/mol. The first-order chi connectivity index (χ1) is 8.56. The molecule has 0 saturated heterocycles. The molecule has 4 nitrogen and oxygen atoms in total. The molecular weight excluding hydrogens is 235 g/mol. The summed E-state index contributed by atoms with van der Waals surface area (Å²) in [6.07, 6.45) is 2.56. The molecule has 18 heavy (non-hydrogen) atoms. The smallest absolute Gasteiger partial charge is 0.328 e. The maximum Gasteiger partial charge on any atom is 0.328 e. The predicted molar refractivity (Wildman–Crippen MR) is 66.6 cm³/mol. The number of hydrogen-bond donors (Lipinski definition) is 1. The number of hydrogen-bond acceptors (Lipinski definition) is 3. The minimum Gasteiger partial charge on any atom is -0.478 e. The Bertz CT molecular complexity index is 506. The van der Waals surface area contributed by atoms with Gasteiger partial charge in [-0.25, -0.2) is 9.18 Å². The van der Waals surface area contributed by atoms with Gasteiger partial charge in [-0.05, 0) is 12.1 Å². The van der Waals surface area contributed by atoms with Crippen LogP contribution in [0.25, 0.3) is 6.08 Å². The predicted octanol–water partition coefficient (Wildman–Crippen LogP) is 2.27. The van der Waals surface area contributed by atoms with Gasteiger partial charge in [0.15, 0.2) is 0 Å². The molecule has 0 aliphatic heterocycles. The summed E-state index contributed by atoms with van der Waals surface area (Å²) in [6.45, 7) is 0.380. The molecule has 0 radical (unpaired) electrons. The van der Waals surface area contributed by atoms with E-state index in [1.807, 2.05) is 6.07 Å². The van der Waals surface area contributed by atoms with Crippen LogP contribution < -0.4 is 4.90 Å². The Labute approximate surface area is 105 Å². The standard InChI is InChI=1S/C13H13FN2O2/c1-16(9-3-8-15)13-10(6-7-12(17)18)4-2-5-11(13)14/h2,4-7H,3,9H2,1H3,(H,17,18)/b7-6+. The summed E-state index contributed by atoms with van der Waals surface area (Å²) in [4.78, 5) is 12.1. The van der Waals surface area contributed by atoms with Crippen molar-refractivity contribution in [3.63, 3.8) is 0 Å². The second-order valence-electron chi connectivity index (χ2n) is 3.68. The van der Waals surface area contributed by atoms with Crippen molar-refractivity contribution >= 4 is 17.7 Å². The van der Waals surface area contributed by atoms with E-state index >= 15 is 0 Å². The zero-order valence-electron chi connectivity index (χ0n) is 9.93. The Morgan fingerprint density at radius 2 is 2.33 bits per heavy atom. The van der Waals surface area contributed by atoms with E-state index in [4.69, 9.17) is 10.4 Å². The van der Waals surface area contributed by atoms with Crippen LogP contribution in [-0.2, 0) is 4.79 Å². The number of carbonyl (C=O) groups is 1. The van der Waals surface area contributed by atoms with Crippen molar-refractivity contribution in [3.05, 3.63) is 35.7 Å². The minimum atomic E-state index is -1.09. The van der Waals surface area contributed by atoms with Crippen molar-refractivity contribution in [2.45, 2.75) is 6.42 Å². The number of nitriles is 1. The molecule has 0 unspecified atom stereocenters. The Hall–Kier alpha value is -2.35. The van der Waals surface area contributed by atoms with Crippen molar-refractivity contribution in [2.24, 2.45) is 0 Å². The van der Waals surface area contributed by atoms with Crippen LogP contribution in [0.3, 0.4) is 0 Å². The normalized spacial score (nSPS) is 10.3. The van der Waals surface area contributed by atoms with Gasteiger partial charge in [0, 0.05) is 25.2 Å². The summed E-state index contributed by atoms with van der Waals surface area (Å²) >= 11 is 0. The molecule has 0 amide bonds. The van der Waals surface area contributed by atoms with Crippen LogP contribution in [0.2, 0.25) is 0 Å². The van der Waals surface area contributed by atoms with Gasteiger partial charge in [-0.3, -0.25) is 0 Å². The maximum atomic E-state index is 13.7. The summed E-state index contributed by atoms with van der Waals surface area (Å²) in [6, 6.07) is 6.42. The highest BCUT2D eigenvalue weighted by atomic mass is 19.1. The van der Waals surface area contributed by atoms with Crippen molar-refractivity contribution in [3.8, 4) is 6.07 Å². The van der Waals surface area contributed by atoms with Crippen molar-refractivity contribution in [1.82, 2.24) is 0 Å². The highest BCUT2D eigenvalue weighted by Gasteiger charge is 2.11. The first-order valence-electron chi connectivity index (χ1n) is 5.34. The molecule has 1 aromatic carbocycles. The van der Waals surface area contributed by atoms with Crippen LogP contribution in [0.1, 0.15) is 12.0 Å². The van der Waals surface area contributed by atoms with Crippen LogP contribution >= 0.6 is 0 Å². The molecule has 0 spiro atoms. The molecule has 94 valence electrons. The molecular formula is C13H13FN2O2. The number of halogens is 1. The Morgan fingerprint density at radius 1 is 1.61 bits per heavy atom. The molecule has 0 aromatic heterocycles. The molecule has 0 heterocycles. The fraction of sp³-hybridized carbons (Fsp3) is 0.231. The Kier molecular flexibility index (Phi) is 4.88. The molecule has 0 atom stereocenters. The van der Waals surface area contributed by atoms with Gasteiger partial charge in [-0.1, -0.05) is 12.1 Å². The largest absolute Gasteiger partial charge is 0.478 e. The number of aliphatic carboxylic acids is 1. The highest BCUT2D eigenvalue weighted by molar-refractivity contribution is 5.87. The van der Waals surface area contributed by atoms with Gasteiger partial charge in [0.2, 0.25) is 0 Å². The number of carboxylic acid groups (broad SMARTS) is 1. The lowest BCUT2D eigenvalue weighted by atomic mass is 10.1. The lowest BCUT2D eigenvalue weighted by Gasteiger charge is -2.20. The van der Waals surface area contributed by atoms with E-state index in [9.17, 15) is 9.18 Å². The molecule has 1 N–H and O–H groups in total. The average Bonchev–Trinajstić information content (AvgIpc) is 2.33. The van der Waals surface area contributed by atoms with E-state index in [0.29, 0.717) is 17.8 Å². The fourth-order valence-corrected chi connectivity index (χ4v) is 1.56. The van der Waals surface area contributed by atoms with Gasteiger partial charge in [0.05, 0.1) is 18.2 Å². The van der Waals surface area contributed by atoms with Crippen molar-refractivity contribution < 1.29 is 14.3 Å². The molecule has 5 heteroatoms. The number of benzene rings is 1. The minimum absolute atomic E-state index is 0.271. The van der Waals surface area contributed by atoms with Crippen molar-refractivity contribution in [2.75, 3.05) is 18.5 Å². The quantitative estimate of drug-likeness (QED) is 0.812. The Balaban J connectivity index is 3.08. The second kappa shape index (κ2) is 6.40. The highest BCUT2D eigenvalue weighted by Crippen LogP contribution is 2.24. The Morgan fingerprint density at radius 3 is 2.94 bits per heavy atom. The van der Waals surface area contributed by atoms with Crippen molar-refractivity contribution in [1.29, 1.82) is 5.26 Å². The van der Waals surface area contributed by atoms with E-state index in [-0.39, 0.29) is 6.42 Å². The zero-order valence-corrected chi connectivity index (χ0v) is 9.93. The van der Waals surface area contributed by atoms with Gasteiger partial charge in [0.1, 0.15) is 5.82 Å². The SMILES string of the molecule is CN(CCC#N)c1c(F)cccc1/C=C/C(=O)O. The number of nitrogens with zero attached hydrogens (tertiary/aromatic N) is 2. The van der Waals surface area contributed by atoms with Gasteiger partial charge < -0.3 is 10.0 Å². The topological polar surface area (TPSA) is 64.3 Å². The molecule has 0 aliphatic rings. The summed E-state index contributed by atoms with van der Waals surface area (Å²) in [5, 5.41) is 17.1. The number of carboxylic acids is 1. The third kappa shape index (κ3) is 3.59. The molecule has 0 aliphatic carbocycles. The fourth-order valence-electron chi connectivity index (χ4n) is 1.56. The van der Waals surface area contributed by atoms with Gasteiger partial charge >= 0.3 is 5.97 Å². The van der Waals surface area contributed by atoms with Crippen LogP contribution in [-0.4, -0.2) is 24.7 Å². The zero-order chi connectivity index (χ0) is 13.5. The molecule has 0 saturated carbocycles. The van der Waals surface area contributed by atoms with Crippen LogP contribution in [0.15, 0.2) is 24.3 Å². The number of anilines is 1. The summed E-state index contributed by atoms with van der Waals surface area (Å²) in [5.41, 5.74) is 0.767. The van der Waals surface area contributed by atoms with Gasteiger partial charge in [0.25, 0.3) is 0 Å². The molecule has 0 bridgehead atoms. The lowest BCUT2D eigenvalue weighted by Crippen LogP contribution is -2.20. The first kappa shape index (κ1) is 13.7. The summed E-state index contributed by atoms with van der Waals surface area (Å²) in [7, 11) is 1.66. The molecule has 0 fully saturated rings. The number of para-hydroxylation sites is 1. The van der Waals surface area contributed by atoms with Crippen LogP contribution in [0.4, 0.5) is 10.1 Å². The monoisotopic (exact) mass is 248 g/mol. The van der Waals surface area contributed by atoms with E-state index in [1.54, 1.807) is 18.0 Å². The van der Waals surface area contributed by atoms with Crippen LogP contribution in [0, 0.1) is 17.1 Å². The third-order valence-electron chi connectivity index (χ3n) is 2.36. The molecule has 1 aromatic rings. The van der Waals surface area contributed by atoms with E-state index in [2.05, 4.69) is 0 Å². The van der Waals surface area contributed by atoms with E-state index in [0.717, 1.165) is 6.08 Å². The summed E-state index contributed by atoms with van der Waals surface area (Å²) < 4.78 is 13.7. The maximum absolute atomic E-state index is 13.7. The lowest BCUT2D eigenvalue weighted by molar-refractivity contribution is -0.131. The molecule has 1 rings (SSSR count). The van der Waals surface area contributed by atoms with E-state index < -0.39 is 11.8 Å². The summed E-state index contributed by atoms with van der Waals surface area (Å²) in [5.74, 6) is -1.53. The van der Waals surface area contributed by atoms with Gasteiger partial charge in [-0.2, -0.15) is 5.26 Å². The third-order valence-corrected chi connectivity index (χ3v) is 2.36. The van der Waals surface area contributed by atoms with E-state index in [1.165, 1.54) is 18.2 Å². The van der Waals surface area contributed by atoms with Crippen LogP contribution in [0.5, 0.6) is 0 Å². The van der Waals surface area contributed by atoms with Gasteiger partial charge in [-0.15, -0.1) is 0 Å². The first-order valence-corrected chi connectivity index (χ1v) is 5.34. The number of rotatable bonds is 5. The second-order valence-corrected chi connectivity index (χ2v) is 3.68.